The minimum atomic E-state index is -2.95. The molecule has 2 aromatic carbocycles. The van der Waals surface area contributed by atoms with Crippen LogP contribution in [-0.2, 0) is 0 Å². The Hall–Kier alpha value is -3.31. The maximum Gasteiger partial charge on any atom is 0.387 e. The van der Waals surface area contributed by atoms with Gasteiger partial charge in [0.15, 0.2) is 0 Å². The van der Waals surface area contributed by atoms with Crippen LogP contribution in [0.3, 0.4) is 0 Å². The summed E-state index contributed by atoms with van der Waals surface area (Å²) in [7, 11) is 0. The van der Waals surface area contributed by atoms with Gasteiger partial charge >= 0.3 is 6.61 Å². The number of hydrogen-bond acceptors (Lipinski definition) is 5. The zero-order valence-corrected chi connectivity index (χ0v) is 14.5. The number of hydrogen-bond donors (Lipinski definition) is 1. The van der Waals surface area contributed by atoms with Crippen molar-refractivity contribution in [2.45, 2.75) is 6.61 Å². The van der Waals surface area contributed by atoms with E-state index in [1.54, 1.807) is 35.7 Å². The summed E-state index contributed by atoms with van der Waals surface area (Å²) in [5.74, 6) is -0.382. The van der Waals surface area contributed by atoms with Gasteiger partial charge in [-0.1, -0.05) is 12.1 Å². The number of nitrogens with one attached hydrogen (secondary N) is 1. The molecule has 1 heterocycles. The number of anilines is 1. The van der Waals surface area contributed by atoms with Gasteiger partial charge in [-0.15, -0.1) is 11.3 Å². The molecule has 0 spiro atoms. The van der Waals surface area contributed by atoms with Crippen molar-refractivity contribution in [3.05, 3.63) is 70.9 Å². The van der Waals surface area contributed by atoms with E-state index in [2.05, 4.69) is 15.0 Å². The molecular weight excluding hydrogens is 375 g/mol. The largest absolute Gasteiger partial charge is 0.433 e. The molecule has 0 atom stereocenters. The van der Waals surface area contributed by atoms with Gasteiger partial charge < -0.3 is 10.1 Å². The van der Waals surface area contributed by atoms with Gasteiger partial charge in [0.25, 0.3) is 0 Å². The Morgan fingerprint density at radius 3 is 2.63 bits per heavy atom. The minimum Gasteiger partial charge on any atom is -0.433 e. The monoisotopic (exact) mass is 387 g/mol. The molecule has 0 unspecified atom stereocenters. The smallest absolute Gasteiger partial charge is 0.387 e. The number of thiazole rings is 1. The fourth-order valence-corrected chi connectivity index (χ4v) is 3.02. The number of allylic oxidation sites excluding steroid dienone is 1. The van der Waals surface area contributed by atoms with Crippen LogP contribution in [0.2, 0.25) is 0 Å². The number of benzene rings is 2. The van der Waals surface area contributed by atoms with Crippen molar-refractivity contribution in [1.29, 1.82) is 5.26 Å². The summed E-state index contributed by atoms with van der Waals surface area (Å²) in [5.41, 5.74) is 1.85. The van der Waals surface area contributed by atoms with Crippen molar-refractivity contribution in [1.82, 2.24) is 4.98 Å². The van der Waals surface area contributed by atoms with E-state index in [9.17, 15) is 18.4 Å². The van der Waals surface area contributed by atoms with Crippen molar-refractivity contribution < 1.29 is 17.9 Å². The molecule has 8 heteroatoms. The molecule has 0 fully saturated rings. The predicted octanol–water partition coefficient (Wildman–Crippen LogP) is 5.53. The summed E-state index contributed by atoms with van der Waals surface area (Å²) in [6.07, 6.45) is 1.38. The first kappa shape index (κ1) is 18.5. The van der Waals surface area contributed by atoms with Crippen molar-refractivity contribution in [2.24, 2.45) is 0 Å². The molecule has 0 aliphatic heterocycles. The van der Waals surface area contributed by atoms with Crippen LogP contribution in [0.25, 0.3) is 16.8 Å². The third-order valence-corrected chi connectivity index (χ3v) is 4.35. The SMILES string of the molecule is N#CC(=CNc1ccccc1OC(F)F)c1nc(-c2ccc(F)cc2)cs1. The third kappa shape index (κ3) is 4.65. The molecule has 0 radical (unpaired) electrons. The molecule has 1 N–H and O–H groups in total. The van der Waals surface area contributed by atoms with Crippen LogP contribution in [-0.4, -0.2) is 11.6 Å². The summed E-state index contributed by atoms with van der Waals surface area (Å²) in [6, 6.07) is 14.0. The van der Waals surface area contributed by atoms with E-state index in [0.29, 0.717) is 16.4 Å². The van der Waals surface area contributed by atoms with Gasteiger partial charge in [-0.2, -0.15) is 14.0 Å². The molecule has 0 amide bonds. The molecule has 0 aliphatic rings. The lowest BCUT2D eigenvalue weighted by Crippen LogP contribution is -2.04. The standard InChI is InChI=1S/C19H12F3N3OS/c20-14-7-5-12(6-8-14)16-11-27-18(25-16)13(9-23)10-24-15-3-1-2-4-17(15)26-19(21)22/h1-8,10-11,19,24H. The van der Waals surface area contributed by atoms with E-state index < -0.39 is 6.61 Å². The number of ether oxygens (including phenoxy) is 1. The van der Waals surface area contributed by atoms with Gasteiger partial charge in [0.2, 0.25) is 0 Å². The Morgan fingerprint density at radius 2 is 1.93 bits per heavy atom. The lowest BCUT2D eigenvalue weighted by molar-refractivity contribution is -0.0493. The highest BCUT2D eigenvalue weighted by atomic mass is 32.1. The topological polar surface area (TPSA) is 57.9 Å². The molecule has 4 nitrogen and oxygen atoms in total. The van der Waals surface area contributed by atoms with Gasteiger partial charge in [-0.05, 0) is 36.4 Å². The second-order valence-electron chi connectivity index (χ2n) is 5.23. The molecule has 3 rings (SSSR count). The van der Waals surface area contributed by atoms with E-state index in [0.717, 1.165) is 5.56 Å². The number of para-hydroxylation sites is 2. The first-order valence-electron chi connectivity index (χ1n) is 7.69. The quantitative estimate of drug-likeness (QED) is 0.565. The number of aromatic nitrogens is 1. The summed E-state index contributed by atoms with van der Waals surface area (Å²) in [6.45, 7) is -2.95. The van der Waals surface area contributed by atoms with Crippen LogP contribution in [0.5, 0.6) is 5.75 Å². The molecule has 27 heavy (non-hydrogen) atoms. The van der Waals surface area contributed by atoms with Gasteiger partial charge in [-0.25, -0.2) is 9.37 Å². The third-order valence-electron chi connectivity index (χ3n) is 3.47. The Morgan fingerprint density at radius 1 is 1.19 bits per heavy atom. The van der Waals surface area contributed by atoms with Crippen molar-refractivity contribution in [2.75, 3.05) is 5.32 Å². The van der Waals surface area contributed by atoms with Crippen LogP contribution in [0.4, 0.5) is 18.9 Å². The van der Waals surface area contributed by atoms with Crippen LogP contribution in [0.15, 0.2) is 60.1 Å². The van der Waals surface area contributed by atoms with Crippen molar-refractivity contribution in [3.8, 4) is 23.1 Å². The number of nitrogens with zero attached hydrogens (tertiary/aromatic N) is 2. The Bertz CT molecular complexity index is 994. The first-order valence-corrected chi connectivity index (χ1v) is 8.57. The molecule has 0 saturated carbocycles. The fraction of sp³-hybridized carbons (Fsp3) is 0.0526. The zero-order chi connectivity index (χ0) is 19.2. The Kier molecular flexibility index (Phi) is 5.74. The summed E-state index contributed by atoms with van der Waals surface area (Å²) < 4.78 is 42.4. The highest BCUT2D eigenvalue weighted by Crippen LogP contribution is 2.28. The van der Waals surface area contributed by atoms with Crippen LogP contribution in [0, 0.1) is 17.1 Å². The lowest BCUT2D eigenvalue weighted by Gasteiger charge is -2.10. The summed E-state index contributed by atoms with van der Waals surface area (Å²) in [5, 5.41) is 14.4. The van der Waals surface area contributed by atoms with Crippen molar-refractivity contribution in [3.63, 3.8) is 0 Å². The van der Waals surface area contributed by atoms with Crippen LogP contribution < -0.4 is 10.1 Å². The summed E-state index contributed by atoms with van der Waals surface area (Å²) >= 11 is 1.24. The average Bonchev–Trinajstić information content (AvgIpc) is 3.13. The van der Waals surface area contributed by atoms with E-state index in [-0.39, 0.29) is 17.1 Å². The van der Waals surface area contributed by atoms with E-state index in [1.165, 1.54) is 35.7 Å². The number of nitriles is 1. The first-order chi connectivity index (χ1) is 13.1. The second-order valence-corrected chi connectivity index (χ2v) is 6.09. The molecule has 0 aliphatic carbocycles. The van der Waals surface area contributed by atoms with Crippen LogP contribution in [0.1, 0.15) is 5.01 Å². The van der Waals surface area contributed by atoms with E-state index in [4.69, 9.17) is 0 Å². The van der Waals surface area contributed by atoms with E-state index >= 15 is 0 Å². The normalized spacial score (nSPS) is 11.3. The highest BCUT2D eigenvalue weighted by molar-refractivity contribution is 7.11. The van der Waals surface area contributed by atoms with Gasteiger partial charge in [0, 0.05) is 17.1 Å². The Balaban J connectivity index is 1.82. The second kappa shape index (κ2) is 8.38. The van der Waals surface area contributed by atoms with Crippen LogP contribution >= 0.6 is 11.3 Å². The number of alkyl halides is 2. The molecule has 136 valence electrons. The van der Waals surface area contributed by atoms with Gasteiger partial charge in [-0.3, -0.25) is 0 Å². The molecular formula is C19H12F3N3OS. The van der Waals surface area contributed by atoms with Gasteiger partial charge in [0.05, 0.1) is 11.4 Å². The molecule has 3 aromatic rings. The summed E-state index contributed by atoms with van der Waals surface area (Å²) in [4.78, 5) is 4.38. The lowest BCUT2D eigenvalue weighted by atomic mass is 10.2. The Labute approximate surface area is 157 Å². The zero-order valence-electron chi connectivity index (χ0n) is 13.7. The maximum absolute atomic E-state index is 13.0. The van der Waals surface area contributed by atoms with Gasteiger partial charge in [0.1, 0.15) is 28.2 Å². The molecule has 0 saturated heterocycles. The average molecular weight is 387 g/mol. The maximum atomic E-state index is 13.0. The van der Waals surface area contributed by atoms with E-state index in [1.807, 2.05) is 6.07 Å². The molecule has 0 bridgehead atoms. The fourth-order valence-electron chi connectivity index (χ4n) is 2.23. The highest BCUT2D eigenvalue weighted by Gasteiger charge is 2.11. The predicted molar refractivity (Wildman–Crippen MR) is 97.8 cm³/mol. The minimum absolute atomic E-state index is 0.0350. The van der Waals surface area contributed by atoms with Crippen molar-refractivity contribution >= 4 is 22.6 Å². The number of halogens is 3. The number of rotatable bonds is 6. The molecule has 1 aromatic heterocycles.